The van der Waals surface area contributed by atoms with Crippen LogP contribution in [0.2, 0.25) is 0 Å². The molecule has 4 heteroatoms. The first-order chi connectivity index (χ1) is 14.0. The van der Waals surface area contributed by atoms with Crippen LogP contribution in [0.3, 0.4) is 0 Å². The molecule has 0 aliphatic heterocycles. The molecule has 29 heavy (non-hydrogen) atoms. The molecule has 0 spiro atoms. The molecule has 4 rings (SSSR count). The Bertz CT molecular complexity index is 1160. The van der Waals surface area contributed by atoms with Gasteiger partial charge in [0.25, 0.3) is 5.91 Å². The fourth-order valence-electron chi connectivity index (χ4n) is 3.26. The van der Waals surface area contributed by atoms with E-state index in [9.17, 15) is 4.79 Å². The Hall–Kier alpha value is -3.53. The maximum atomic E-state index is 12.6. The van der Waals surface area contributed by atoms with Gasteiger partial charge in [-0.05, 0) is 72.5 Å². The van der Waals surface area contributed by atoms with E-state index in [1.807, 2.05) is 79.7 Å². The fourth-order valence-corrected chi connectivity index (χ4v) is 3.26. The molecule has 0 unspecified atom stereocenters. The number of hydrogen-bond acceptors (Lipinski definition) is 2. The van der Waals surface area contributed by atoms with Gasteiger partial charge in [-0.2, -0.15) is 0 Å². The van der Waals surface area contributed by atoms with E-state index in [-0.39, 0.29) is 5.91 Å². The van der Waals surface area contributed by atoms with Crippen molar-refractivity contribution in [2.75, 3.05) is 5.32 Å². The molecule has 3 aromatic carbocycles. The number of carbonyl (C=O) groups is 1. The number of rotatable bonds is 5. The molecule has 0 saturated carbocycles. The van der Waals surface area contributed by atoms with Crippen molar-refractivity contribution >= 4 is 22.5 Å². The van der Waals surface area contributed by atoms with Crippen molar-refractivity contribution in [2.24, 2.45) is 0 Å². The lowest BCUT2D eigenvalue weighted by Gasteiger charge is -2.07. The van der Waals surface area contributed by atoms with Crippen molar-refractivity contribution in [3.8, 4) is 11.5 Å². The molecule has 0 fully saturated rings. The van der Waals surface area contributed by atoms with E-state index in [1.54, 1.807) is 0 Å². The van der Waals surface area contributed by atoms with Crippen LogP contribution in [-0.2, 0) is 0 Å². The van der Waals surface area contributed by atoms with Gasteiger partial charge in [0.15, 0.2) is 0 Å². The van der Waals surface area contributed by atoms with Crippen LogP contribution in [0.5, 0.6) is 11.5 Å². The number of aryl methyl sites for hydroxylation is 1. The highest BCUT2D eigenvalue weighted by Gasteiger charge is 2.11. The van der Waals surface area contributed by atoms with Crippen molar-refractivity contribution in [1.82, 2.24) is 4.98 Å². The Morgan fingerprint density at radius 3 is 2.41 bits per heavy atom. The van der Waals surface area contributed by atoms with Gasteiger partial charge in [0.05, 0.1) is 0 Å². The van der Waals surface area contributed by atoms with E-state index in [1.165, 1.54) is 5.56 Å². The highest BCUT2D eigenvalue weighted by Crippen LogP contribution is 2.27. The number of aromatic amines is 1. The Labute approximate surface area is 170 Å². The zero-order chi connectivity index (χ0) is 20.4. The van der Waals surface area contributed by atoms with Crippen LogP contribution in [-0.4, -0.2) is 10.9 Å². The molecular weight excluding hydrogens is 360 g/mol. The number of H-pyrrole nitrogens is 1. The molecule has 1 amide bonds. The van der Waals surface area contributed by atoms with Gasteiger partial charge >= 0.3 is 0 Å². The average molecular weight is 384 g/mol. The molecule has 1 aromatic heterocycles. The van der Waals surface area contributed by atoms with E-state index in [2.05, 4.69) is 24.1 Å². The summed E-state index contributed by atoms with van der Waals surface area (Å²) >= 11 is 0. The molecular formula is C25H24N2O2. The molecule has 0 atom stereocenters. The maximum absolute atomic E-state index is 12.6. The number of hydrogen-bond donors (Lipinski definition) is 2. The Morgan fingerprint density at radius 1 is 0.931 bits per heavy atom. The van der Waals surface area contributed by atoms with Crippen LogP contribution in [0.15, 0.2) is 72.8 Å². The largest absolute Gasteiger partial charge is 0.457 e. The minimum Gasteiger partial charge on any atom is -0.457 e. The fraction of sp³-hybridized carbons (Fsp3) is 0.160. The summed E-state index contributed by atoms with van der Waals surface area (Å²) in [6, 6.07) is 23.5. The molecule has 2 N–H and O–H groups in total. The summed E-state index contributed by atoms with van der Waals surface area (Å²) in [5.74, 6) is 1.82. The smallest absolute Gasteiger partial charge is 0.272 e. The van der Waals surface area contributed by atoms with Gasteiger partial charge in [-0.15, -0.1) is 0 Å². The molecule has 4 aromatic rings. The van der Waals surface area contributed by atoms with Crippen molar-refractivity contribution in [2.45, 2.75) is 26.7 Å². The van der Waals surface area contributed by atoms with Gasteiger partial charge in [-0.25, -0.2) is 0 Å². The lowest BCUT2D eigenvalue weighted by molar-refractivity contribution is 0.102. The van der Waals surface area contributed by atoms with E-state index in [4.69, 9.17) is 4.74 Å². The van der Waals surface area contributed by atoms with Gasteiger partial charge in [-0.3, -0.25) is 4.79 Å². The van der Waals surface area contributed by atoms with E-state index in [0.29, 0.717) is 11.6 Å². The maximum Gasteiger partial charge on any atom is 0.272 e. The van der Waals surface area contributed by atoms with Crippen LogP contribution in [0.25, 0.3) is 10.9 Å². The summed E-state index contributed by atoms with van der Waals surface area (Å²) in [6.07, 6.45) is 0. The van der Waals surface area contributed by atoms with Crippen molar-refractivity contribution in [1.29, 1.82) is 0 Å². The van der Waals surface area contributed by atoms with Crippen LogP contribution in [0, 0.1) is 6.92 Å². The van der Waals surface area contributed by atoms with E-state index in [0.717, 1.165) is 33.7 Å². The predicted molar refractivity (Wildman–Crippen MR) is 118 cm³/mol. The van der Waals surface area contributed by atoms with Gasteiger partial charge in [0.2, 0.25) is 0 Å². The van der Waals surface area contributed by atoms with Gasteiger partial charge in [0, 0.05) is 16.6 Å². The first kappa shape index (κ1) is 18.8. The number of amides is 1. The molecule has 0 bridgehead atoms. The number of ether oxygens (including phenoxy) is 1. The first-order valence-corrected chi connectivity index (χ1v) is 9.76. The lowest BCUT2D eigenvalue weighted by atomic mass is 10.0. The minimum absolute atomic E-state index is 0.167. The second-order valence-electron chi connectivity index (χ2n) is 7.58. The normalized spacial score (nSPS) is 11.0. The SMILES string of the molecule is Cc1cccc(Oc2ccc3[nH]c(C(=O)Nc4ccc(C(C)C)cc4)cc3c2)c1. The van der Waals surface area contributed by atoms with Gasteiger partial charge < -0.3 is 15.0 Å². The monoisotopic (exact) mass is 384 g/mol. The number of nitrogens with one attached hydrogen (secondary N) is 2. The number of carbonyl (C=O) groups excluding carboxylic acids is 1. The summed E-state index contributed by atoms with van der Waals surface area (Å²) in [7, 11) is 0. The molecule has 0 saturated heterocycles. The highest BCUT2D eigenvalue weighted by molar-refractivity contribution is 6.06. The minimum atomic E-state index is -0.167. The summed E-state index contributed by atoms with van der Waals surface area (Å²) < 4.78 is 5.95. The van der Waals surface area contributed by atoms with Crippen molar-refractivity contribution in [3.63, 3.8) is 0 Å². The molecule has 4 nitrogen and oxygen atoms in total. The number of fused-ring (bicyclic) bond motifs is 1. The first-order valence-electron chi connectivity index (χ1n) is 9.76. The predicted octanol–water partition coefficient (Wildman–Crippen LogP) is 6.64. The summed E-state index contributed by atoms with van der Waals surface area (Å²) in [4.78, 5) is 15.8. The summed E-state index contributed by atoms with van der Waals surface area (Å²) in [5, 5.41) is 3.87. The lowest BCUT2D eigenvalue weighted by Crippen LogP contribution is -2.12. The van der Waals surface area contributed by atoms with Gasteiger partial charge in [-0.1, -0.05) is 38.1 Å². The number of anilines is 1. The second-order valence-corrected chi connectivity index (χ2v) is 7.58. The zero-order valence-corrected chi connectivity index (χ0v) is 16.8. The third-order valence-corrected chi connectivity index (χ3v) is 4.90. The quantitative estimate of drug-likeness (QED) is 0.405. The van der Waals surface area contributed by atoms with Crippen LogP contribution < -0.4 is 10.1 Å². The second kappa shape index (κ2) is 7.84. The summed E-state index contributed by atoms with van der Waals surface area (Å²) in [5.41, 5.74) is 4.57. The highest BCUT2D eigenvalue weighted by atomic mass is 16.5. The third-order valence-electron chi connectivity index (χ3n) is 4.90. The molecule has 0 radical (unpaired) electrons. The van der Waals surface area contributed by atoms with E-state index >= 15 is 0 Å². The van der Waals surface area contributed by atoms with Crippen molar-refractivity contribution in [3.05, 3.63) is 89.6 Å². The molecule has 0 aliphatic rings. The molecule has 146 valence electrons. The van der Waals surface area contributed by atoms with Crippen LogP contribution >= 0.6 is 0 Å². The third kappa shape index (κ3) is 4.32. The average Bonchev–Trinajstić information content (AvgIpc) is 3.12. The van der Waals surface area contributed by atoms with Crippen molar-refractivity contribution < 1.29 is 9.53 Å². The number of aromatic nitrogens is 1. The molecule has 1 heterocycles. The summed E-state index contributed by atoms with van der Waals surface area (Å²) in [6.45, 7) is 6.33. The molecule has 0 aliphatic carbocycles. The van der Waals surface area contributed by atoms with Gasteiger partial charge in [0.1, 0.15) is 17.2 Å². The standard InChI is InChI=1S/C25H24N2O2/c1-16(2)18-7-9-20(10-8-18)26-25(28)24-15-19-14-22(11-12-23(19)27-24)29-21-6-4-5-17(3)13-21/h4-16,27H,1-3H3,(H,26,28). The van der Waals surface area contributed by atoms with Crippen LogP contribution in [0.4, 0.5) is 5.69 Å². The topological polar surface area (TPSA) is 54.1 Å². The Balaban J connectivity index is 1.51. The number of benzene rings is 3. The van der Waals surface area contributed by atoms with Crippen LogP contribution in [0.1, 0.15) is 41.4 Å². The Morgan fingerprint density at radius 2 is 1.69 bits per heavy atom. The zero-order valence-electron chi connectivity index (χ0n) is 16.8. The van der Waals surface area contributed by atoms with E-state index < -0.39 is 0 Å². The Kier molecular flexibility index (Phi) is 5.09.